The number of carbonyl (C=O) groups excluding carboxylic acids is 1. The molecule has 0 spiro atoms. The van der Waals surface area contributed by atoms with Crippen LogP contribution in [0.25, 0.3) is 22.2 Å². The fraction of sp³-hybridized carbons (Fsp3) is 0.192. The van der Waals surface area contributed by atoms with Crippen LogP contribution < -0.4 is 5.32 Å². The van der Waals surface area contributed by atoms with E-state index in [9.17, 15) is 10.1 Å². The summed E-state index contributed by atoms with van der Waals surface area (Å²) in [7, 11) is 0. The number of nitrogens with zero attached hydrogens (tertiary/aromatic N) is 2. The van der Waals surface area contributed by atoms with Gasteiger partial charge in [0.05, 0.1) is 32.4 Å². The highest BCUT2D eigenvalue weighted by Crippen LogP contribution is 2.38. The number of nitriles is 1. The molecule has 4 nitrogen and oxygen atoms in total. The molecule has 0 atom stereocenters. The number of fused-ring (bicyclic) bond motifs is 2. The Bertz CT molecular complexity index is 1440. The van der Waals surface area contributed by atoms with Crippen molar-refractivity contribution in [2.75, 3.05) is 5.32 Å². The van der Waals surface area contributed by atoms with Crippen LogP contribution in [0.4, 0.5) is 5.00 Å². The summed E-state index contributed by atoms with van der Waals surface area (Å²) in [6.07, 6.45) is 5.23. The molecule has 0 fully saturated rings. The van der Waals surface area contributed by atoms with Gasteiger partial charge in [0, 0.05) is 15.8 Å². The van der Waals surface area contributed by atoms with Crippen molar-refractivity contribution in [2.24, 2.45) is 0 Å². The third kappa shape index (κ3) is 4.22. The van der Waals surface area contributed by atoms with E-state index >= 15 is 0 Å². The Morgan fingerprint density at radius 1 is 1.03 bits per heavy atom. The lowest BCUT2D eigenvalue weighted by Gasteiger charge is -2.11. The Kier molecular flexibility index (Phi) is 6.07. The average molecular weight is 492 g/mol. The lowest BCUT2D eigenvalue weighted by Crippen LogP contribution is -2.13. The maximum Gasteiger partial charge on any atom is 0.257 e. The zero-order chi connectivity index (χ0) is 22.9. The first-order valence-corrected chi connectivity index (χ1v) is 12.3. The Balaban J connectivity index is 1.58. The molecule has 0 bridgehead atoms. The largest absolute Gasteiger partial charge is 0.312 e. The highest BCUT2D eigenvalue weighted by Gasteiger charge is 2.22. The smallest absolute Gasteiger partial charge is 0.257 e. The van der Waals surface area contributed by atoms with Crippen molar-refractivity contribution >= 4 is 56.3 Å². The first kappa shape index (κ1) is 21.9. The Hall–Kier alpha value is -2.91. The predicted octanol–water partition coefficient (Wildman–Crippen LogP) is 7.66. The number of hydrogen-bond acceptors (Lipinski definition) is 4. The van der Waals surface area contributed by atoms with Crippen LogP contribution in [0, 0.1) is 11.3 Å². The van der Waals surface area contributed by atoms with E-state index < -0.39 is 0 Å². The van der Waals surface area contributed by atoms with Crippen LogP contribution in [0.2, 0.25) is 10.0 Å². The molecule has 2 heterocycles. The minimum absolute atomic E-state index is 0.261. The van der Waals surface area contributed by atoms with E-state index in [1.165, 1.54) is 22.6 Å². The lowest BCUT2D eigenvalue weighted by molar-refractivity contribution is 0.102. The molecular formula is C26H19Cl2N3OS. The number of halogens is 2. The normalized spacial score (nSPS) is 13.2. The minimum Gasteiger partial charge on any atom is -0.312 e. The summed E-state index contributed by atoms with van der Waals surface area (Å²) in [5.74, 6) is -0.261. The third-order valence-electron chi connectivity index (χ3n) is 5.94. The molecular weight excluding hydrogens is 473 g/mol. The number of rotatable bonds is 3. The quantitative estimate of drug-likeness (QED) is 0.299. The molecule has 1 aliphatic carbocycles. The van der Waals surface area contributed by atoms with Crippen molar-refractivity contribution in [2.45, 2.75) is 32.1 Å². The number of amides is 1. The van der Waals surface area contributed by atoms with Crippen molar-refractivity contribution < 1.29 is 4.79 Å². The van der Waals surface area contributed by atoms with Gasteiger partial charge >= 0.3 is 0 Å². The van der Waals surface area contributed by atoms with Crippen molar-refractivity contribution in [3.63, 3.8) is 0 Å². The number of aromatic nitrogens is 1. The van der Waals surface area contributed by atoms with E-state index in [-0.39, 0.29) is 5.91 Å². The molecule has 33 heavy (non-hydrogen) atoms. The number of thiophene rings is 1. The van der Waals surface area contributed by atoms with Crippen molar-refractivity contribution in [3.05, 3.63) is 80.1 Å². The summed E-state index contributed by atoms with van der Waals surface area (Å²) in [5.41, 5.74) is 4.30. The Labute approximate surface area is 205 Å². The molecule has 0 unspecified atom stereocenters. The fourth-order valence-corrected chi connectivity index (χ4v) is 5.82. The van der Waals surface area contributed by atoms with Crippen LogP contribution in [0.1, 0.15) is 45.6 Å². The zero-order valence-electron chi connectivity index (χ0n) is 17.6. The summed E-state index contributed by atoms with van der Waals surface area (Å²) in [5, 5.41) is 15.1. The zero-order valence-corrected chi connectivity index (χ0v) is 19.9. The second-order valence-electron chi connectivity index (χ2n) is 8.04. The maximum atomic E-state index is 13.5. The van der Waals surface area contributed by atoms with E-state index in [2.05, 4.69) is 11.4 Å². The maximum absolute atomic E-state index is 13.5. The van der Waals surface area contributed by atoms with Gasteiger partial charge in [0.1, 0.15) is 11.1 Å². The Morgan fingerprint density at radius 2 is 1.85 bits per heavy atom. The number of benzene rings is 2. The molecule has 2 aromatic heterocycles. The summed E-state index contributed by atoms with van der Waals surface area (Å²) in [4.78, 5) is 19.4. The summed E-state index contributed by atoms with van der Waals surface area (Å²) >= 11 is 13.8. The number of anilines is 1. The number of nitrogens with one attached hydrogen (secondary N) is 1. The molecule has 1 N–H and O–H groups in total. The van der Waals surface area contributed by atoms with Crippen LogP contribution in [0.15, 0.2) is 48.5 Å². The molecule has 1 aliphatic rings. The minimum atomic E-state index is -0.261. The summed E-state index contributed by atoms with van der Waals surface area (Å²) in [6.45, 7) is 0. The number of aryl methyl sites for hydroxylation is 1. The molecule has 2 aromatic carbocycles. The van der Waals surface area contributed by atoms with Gasteiger partial charge in [0.2, 0.25) is 0 Å². The van der Waals surface area contributed by atoms with Crippen molar-refractivity contribution in [1.29, 1.82) is 5.26 Å². The van der Waals surface area contributed by atoms with Gasteiger partial charge < -0.3 is 5.32 Å². The van der Waals surface area contributed by atoms with Crippen LogP contribution in [-0.2, 0) is 12.8 Å². The molecule has 0 radical (unpaired) electrons. The summed E-state index contributed by atoms with van der Waals surface area (Å²) in [6, 6.07) is 16.9. The SMILES string of the molecule is N#Cc1c(NC(=O)c2cc(-c3ccc(Cl)c(Cl)c3)nc3ccccc23)sc2c1CCCCC2. The second kappa shape index (κ2) is 9.15. The Morgan fingerprint density at radius 3 is 2.67 bits per heavy atom. The standard InChI is InChI=1S/C26H19Cl2N3OS/c27-20-11-10-15(12-21(20)28)23-13-18(16-6-4-5-8-22(16)30-23)25(32)31-26-19(14-29)17-7-2-1-3-9-24(17)33-26/h4-6,8,10-13H,1-3,7,9H2,(H,31,32). The average Bonchev–Trinajstić information content (AvgIpc) is 2.98. The van der Waals surface area contributed by atoms with Crippen LogP contribution in [-0.4, -0.2) is 10.9 Å². The van der Waals surface area contributed by atoms with Gasteiger partial charge in [-0.2, -0.15) is 5.26 Å². The molecule has 0 aliphatic heterocycles. The van der Waals surface area contributed by atoms with Crippen molar-refractivity contribution in [3.8, 4) is 17.3 Å². The number of pyridine rings is 1. The van der Waals surface area contributed by atoms with Gasteiger partial charge in [-0.3, -0.25) is 4.79 Å². The van der Waals surface area contributed by atoms with E-state index in [0.29, 0.717) is 37.4 Å². The second-order valence-corrected chi connectivity index (χ2v) is 9.96. The van der Waals surface area contributed by atoms with Crippen LogP contribution in [0.5, 0.6) is 0 Å². The predicted molar refractivity (Wildman–Crippen MR) is 135 cm³/mol. The number of hydrogen-bond donors (Lipinski definition) is 1. The molecule has 7 heteroatoms. The monoisotopic (exact) mass is 491 g/mol. The first-order valence-electron chi connectivity index (χ1n) is 10.8. The summed E-state index contributed by atoms with van der Waals surface area (Å²) < 4.78 is 0. The highest BCUT2D eigenvalue weighted by atomic mass is 35.5. The van der Waals surface area contributed by atoms with Crippen molar-refractivity contribution in [1.82, 2.24) is 4.98 Å². The van der Waals surface area contributed by atoms with Crippen LogP contribution >= 0.6 is 34.5 Å². The van der Waals surface area contributed by atoms with Gasteiger partial charge in [0.25, 0.3) is 5.91 Å². The number of para-hydroxylation sites is 1. The molecule has 0 saturated carbocycles. The van der Waals surface area contributed by atoms with Gasteiger partial charge in [-0.1, -0.05) is 53.9 Å². The third-order valence-corrected chi connectivity index (χ3v) is 7.88. The van der Waals surface area contributed by atoms with E-state index in [1.54, 1.807) is 18.2 Å². The number of carbonyl (C=O) groups is 1. The molecule has 5 rings (SSSR count). The van der Waals surface area contributed by atoms with E-state index in [4.69, 9.17) is 28.2 Å². The molecule has 1 amide bonds. The van der Waals surface area contributed by atoms with E-state index in [1.807, 2.05) is 30.3 Å². The van der Waals surface area contributed by atoms with Gasteiger partial charge in [-0.05, 0) is 55.5 Å². The first-order chi connectivity index (χ1) is 16.0. The van der Waals surface area contributed by atoms with E-state index in [0.717, 1.165) is 42.2 Å². The van der Waals surface area contributed by atoms with Gasteiger partial charge in [-0.25, -0.2) is 4.98 Å². The molecule has 164 valence electrons. The lowest BCUT2D eigenvalue weighted by atomic mass is 10.0. The highest BCUT2D eigenvalue weighted by molar-refractivity contribution is 7.16. The van der Waals surface area contributed by atoms with Crippen LogP contribution in [0.3, 0.4) is 0 Å². The van der Waals surface area contributed by atoms with Gasteiger partial charge in [-0.15, -0.1) is 11.3 Å². The molecule has 4 aromatic rings. The molecule has 0 saturated heterocycles. The van der Waals surface area contributed by atoms with Gasteiger partial charge in [0.15, 0.2) is 0 Å². The fourth-order valence-electron chi connectivity index (χ4n) is 4.29. The topological polar surface area (TPSA) is 65.8 Å².